The molecule has 6 heteroatoms. The maximum atomic E-state index is 6.37. The van der Waals surface area contributed by atoms with Crippen molar-refractivity contribution in [1.82, 2.24) is 5.32 Å². The fraction of sp³-hybridized carbons (Fsp3) is 0.421. The number of likely N-dealkylation sites (tertiary alicyclic amines) is 1. The lowest BCUT2D eigenvalue weighted by Crippen LogP contribution is -3.11. The Kier molecular flexibility index (Phi) is 6.34. The van der Waals surface area contributed by atoms with E-state index in [9.17, 15) is 0 Å². The Morgan fingerprint density at radius 3 is 2.72 bits per heavy atom. The molecule has 3 rings (SSSR count). The third-order valence-corrected chi connectivity index (χ3v) is 6.29. The Balaban J connectivity index is 1.64. The van der Waals surface area contributed by atoms with Crippen LogP contribution in [0.15, 0.2) is 29.6 Å². The molecule has 1 aromatic carbocycles. The summed E-state index contributed by atoms with van der Waals surface area (Å²) in [5.74, 6) is 0. The fourth-order valence-corrected chi connectivity index (χ4v) is 4.98. The second-order valence-electron chi connectivity index (χ2n) is 6.71. The summed E-state index contributed by atoms with van der Waals surface area (Å²) in [6.45, 7) is 7.42. The number of quaternary nitrogens is 1. The van der Waals surface area contributed by atoms with Crippen LogP contribution in [-0.2, 0) is 0 Å². The Labute approximate surface area is 164 Å². The maximum Gasteiger partial charge on any atom is 0.171 e. The van der Waals surface area contributed by atoms with Gasteiger partial charge >= 0.3 is 0 Å². The van der Waals surface area contributed by atoms with Crippen LogP contribution >= 0.6 is 35.2 Å². The van der Waals surface area contributed by atoms with Crippen molar-refractivity contribution in [2.75, 3.05) is 25.0 Å². The number of nitrogens with one attached hydrogen (secondary N) is 3. The highest BCUT2D eigenvalue weighted by atomic mass is 35.5. The fourth-order valence-electron chi connectivity index (χ4n) is 3.54. The highest BCUT2D eigenvalue weighted by molar-refractivity contribution is 7.80. The minimum absolute atomic E-state index is 0.455. The number of benzene rings is 1. The molecule has 0 bridgehead atoms. The third kappa shape index (κ3) is 4.73. The monoisotopic (exact) mass is 394 g/mol. The highest BCUT2D eigenvalue weighted by Gasteiger charge is 2.28. The first-order valence-electron chi connectivity index (χ1n) is 8.74. The molecule has 2 heterocycles. The molecule has 1 aliphatic rings. The zero-order chi connectivity index (χ0) is 17.8. The lowest BCUT2D eigenvalue weighted by molar-refractivity contribution is -0.918. The number of hydrogen-bond acceptors (Lipinski definition) is 2. The minimum atomic E-state index is 0.455. The van der Waals surface area contributed by atoms with Crippen molar-refractivity contribution in [3.8, 4) is 0 Å². The summed E-state index contributed by atoms with van der Waals surface area (Å²) >= 11 is 13.7. The largest absolute Gasteiger partial charge is 0.356 e. The van der Waals surface area contributed by atoms with Crippen LogP contribution in [0.2, 0.25) is 5.02 Å². The average Bonchev–Trinajstić information content (AvgIpc) is 3.25. The number of rotatable bonds is 5. The van der Waals surface area contributed by atoms with Crippen LogP contribution < -0.4 is 15.5 Å². The average molecular weight is 395 g/mol. The Hall–Kier alpha value is -1.14. The molecule has 0 amide bonds. The summed E-state index contributed by atoms with van der Waals surface area (Å²) in [5.41, 5.74) is 3.16. The van der Waals surface area contributed by atoms with E-state index in [2.05, 4.69) is 34.2 Å². The van der Waals surface area contributed by atoms with Gasteiger partial charge in [-0.05, 0) is 54.7 Å². The molecule has 0 aliphatic carbocycles. The van der Waals surface area contributed by atoms with Gasteiger partial charge in [-0.25, -0.2) is 0 Å². The van der Waals surface area contributed by atoms with Crippen LogP contribution in [-0.4, -0.2) is 24.7 Å². The molecule has 1 atom stereocenters. The van der Waals surface area contributed by atoms with Crippen molar-refractivity contribution in [1.29, 1.82) is 0 Å². The number of halogens is 1. The van der Waals surface area contributed by atoms with E-state index in [1.807, 2.05) is 31.3 Å². The van der Waals surface area contributed by atoms with E-state index in [1.54, 1.807) is 4.90 Å². The van der Waals surface area contributed by atoms with Crippen molar-refractivity contribution in [3.63, 3.8) is 0 Å². The smallest absolute Gasteiger partial charge is 0.171 e. The first-order valence-corrected chi connectivity index (χ1v) is 10.4. The molecule has 1 aliphatic heterocycles. The number of thiocarbonyl (C=S) groups is 1. The highest BCUT2D eigenvalue weighted by Crippen LogP contribution is 2.27. The predicted octanol–water partition coefficient (Wildman–Crippen LogP) is 3.72. The van der Waals surface area contributed by atoms with Gasteiger partial charge in [0.25, 0.3) is 0 Å². The maximum absolute atomic E-state index is 6.37. The van der Waals surface area contributed by atoms with Gasteiger partial charge in [0.15, 0.2) is 5.11 Å². The minimum Gasteiger partial charge on any atom is -0.356 e. The standard InChI is InChI=1S/C19H24ClN3S2/c1-13-10-14(2)18(15(20)11-13)22-19(24)21-12-16(17-6-5-9-25-17)23-7-3-4-8-23/h5-6,9-11,16H,3-4,7-8,12H2,1-2H3,(H2,21,22,24)/p+1/t16-/m0/s1. The molecule has 0 radical (unpaired) electrons. The van der Waals surface area contributed by atoms with Crippen molar-refractivity contribution >= 4 is 46.0 Å². The van der Waals surface area contributed by atoms with E-state index < -0.39 is 0 Å². The van der Waals surface area contributed by atoms with Gasteiger partial charge in [-0.2, -0.15) is 0 Å². The lowest BCUT2D eigenvalue weighted by atomic mass is 10.1. The molecule has 0 spiro atoms. The molecule has 134 valence electrons. The number of thiophene rings is 1. The van der Waals surface area contributed by atoms with Gasteiger partial charge in [-0.3, -0.25) is 0 Å². The van der Waals surface area contributed by atoms with Gasteiger partial charge in [-0.15, -0.1) is 11.3 Å². The van der Waals surface area contributed by atoms with E-state index in [4.69, 9.17) is 23.8 Å². The van der Waals surface area contributed by atoms with E-state index in [0.717, 1.165) is 23.4 Å². The SMILES string of the molecule is Cc1cc(C)c(NC(=S)NC[C@@H](c2cccs2)[NH+]2CCCC2)c(Cl)c1. The first-order chi connectivity index (χ1) is 12.0. The molecule has 3 N–H and O–H groups in total. The van der Waals surface area contributed by atoms with Crippen LogP contribution in [0, 0.1) is 13.8 Å². The molecule has 1 aromatic heterocycles. The second kappa shape index (κ2) is 8.49. The first kappa shape index (κ1) is 18.6. The van der Waals surface area contributed by atoms with Gasteiger partial charge in [0.05, 0.1) is 35.2 Å². The van der Waals surface area contributed by atoms with E-state index >= 15 is 0 Å². The molecular weight excluding hydrogens is 370 g/mol. The molecule has 0 unspecified atom stereocenters. The van der Waals surface area contributed by atoms with E-state index in [1.165, 1.54) is 30.8 Å². The van der Waals surface area contributed by atoms with Gasteiger partial charge in [0, 0.05) is 12.8 Å². The predicted molar refractivity (Wildman–Crippen MR) is 112 cm³/mol. The van der Waals surface area contributed by atoms with E-state index in [0.29, 0.717) is 16.2 Å². The molecule has 3 nitrogen and oxygen atoms in total. The van der Waals surface area contributed by atoms with Gasteiger partial charge in [-0.1, -0.05) is 23.7 Å². The zero-order valence-corrected chi connectivity index (χ0v) is 17.1. The van der Waals surface area contributed by atoms with Gasteiger partial charge < -0.3 is 15.5 Å². The van der Waals surface area contributed by atoms with Crippen molar-refractivity contribution in [2.24, 2.45) is 0 Å². The third-order valence-electron chi connectivity index (χ3n) is 4.76. The Bertz CT molecular complexity index is 701. The Morgan fingerprint density at radius 2 is 2.08 bits per heavy atom. The summed E-state index contributed by atoms with van der Waals surface area (Å²) in [4.78, 5) is 3.08. The quantitative estimate of drug-likeness (QED) is 0.675. The molecule has 0 saturated carbocycles. The number of hydrogen-bond donors (Lipinski definition) is 3. The summed E-state index contributed by atoms with van der Waals surface area (Å²) in [7, 11) is 0. The van der Waals surface area contributed by atoms with Gasteiger partial charge in [0.1, 0.15) is 6.04 Å². The lowest BCUT2D eigenvalue weighted by Gasteiger charge is -2.25. The topological polar surface area (TPSA) is 28.5 Å². The molecule has 1 saturated heterocycles. The summed E-state index contributed by atoms with van der Waals surface area (Å²) in [6.07, 6.45) is 2.64. The number of aryl methyl sites for hydroxylation is 2. The number of anilines is 1. The van der Waals surface area contributed by atoms with Crippen LogP contribution in [0.25, 0.3) is 0 Å². The van der Waals surface area contributed by atoms with Crippen LogP contribution in [0.4, 0.5) is 5.69 Å². The molecule has 1 fully saturated rings. The molecule has 2 aromatic rings. The summed E-state index contributed by atoms with van der Waals surface area (Å²) < 4.78 is 0. The normalized spacial score (nSPS) is 16.0. The van der Waals surface area contributed by atoms with Crippen molar-refractivity contribution in [2.45, 2.75) is 32.7 Å². The van der Waals surface area contributed by atoms with E-state index in [-0.39, 0.29) is 0 Å². The second-order valence-corrected chi connectivity index (χ2v) is 8.50. The summed E-state index contributed by atoms with van der Waals surface area (Å²) in [5, 5.41) is 10.2. The van der Waals surface area contributed by atoms with Crippen LogP contribution in [0.5, 0.6) is 0 Å². The van der Waals surface area contributed by atoms with Crippen LogP contribution in [0.1, 0.15) is 34.9 Å². The summed E-state index contributed by atoms with van der Waals surface area (Å²) in [6, 6.07) is 8.90. The van der Waals surface area contributed by atoms with Crippen molar-refractivity contribution in [3.05, 3.63) is 50.7 Å². The van der Waals surface area contributed by atoms with Crippen LogP contribution in [0.3, 0.4) is 0 Å². The van der Waals surface area contributed by atoms with Gasteiger partial charge in [0.2, 0.25) is 0 Å². The Morgan fingerprint density at radius 1 is 1.32 bits per heavy atom. The van der Waals surface area contributed by atoms with Crippen molar-refractivity contribution < 1.29 is 4.90 Å². The molecule has 25 heavy (non-hydrogen) atoms. The zero-order valence-electron chi connectivity index (χ0n) is 14.7. The molecular formula is C19H25ClN3S2+.